The van der Waals surface area contributed by atoms with E-state index in [0.717, 1.165) is 11.3 Å². The third-order valence-electron chi connectivity index (χ3n) is 4.48. The van der Waals surface area contributed by atoms with E-state index in [0.29, 0.717) is 12.8 Å². The average Bonchev–Trinajstić information content (AvgIpc) is 2.70. The summed E-state index contributed by atoms with van der Waals surface area (Å²) in [7, 11) is 0. The van der Waals surface area contributed by atoms with E-state index < -0.39 is 35.9 Å². The van der Waals surface area contributed by atoms with Crippen molar-refractivity contribution in [3.63, 3.8) is 0 Å². The van der Waals surface area contributed by atoms with Gasteiger partial charge in [-0.1, -0.05) is 13.3 Å². The molecule has 1 aliphatic carbocycles. The van der Waals surface area contributed by atoms with Crippen LogP contribution in [-0.4, -0.2) is 41.1 Å². The Bertz CT molecular complexity index is 417. The van der Waals surface area contributed by atoms with Crippen LogP contribution in [0.2, 0.25) is 0 Å². The second-order valence-corrected chi connectivity index (χ2v) is 5.78. The minimum Gasteiger partial charge on any atom is -0.481 e. The maximum Gasteiger partial charge on any atom is 0.406 e. The highest BCUT2D eigenvalue weighted by atomic mass is 19.4. The topological polar surface area (TPSA) is 57.6 Å². The van der Waals surface area contributed by atoms with Crippen LogP contribution in [0.4, 0.5) is 13.2 Å². The first-order chi connectivity index (χ1) is 8.62. The molecule has 1 unspecified atom stereocenters. The Labute approximate surface area is 108 Å². The Kier molecular flexibility index (Phi) is 3.06. The summed E-state index contributed by atoms with van der Waals surface area (Å²) in [6, 6.07) is 0. The molecule has 4 nitrogen and oxygen atoms in total. The van der Waals surface area contributed by atoms with Crippen LogP contribution in [0.25, 0.3) is 0 Å². The summed E-state index contributed by atoms with van der Waals surface area (Å²) in [5.74, 6) is -2.24. The van der Waals surface area contributed by atoms with Gasteiger partial charge in [-0.2, -0.15) is 13.2 Å². The monoisotopic (exact) mass is 279 g/mol. The fourth-order valence-corrected chi connectivity index (χ4v) is 2.81. The molecule has 1 saturated carbocycles. The van der Waals surface area contributed by atoms with Crippen LogP contribution in [0.15, 0.2) is 0 Å². The number of aliphatic carboxylic acids is 1. The predicted octanol–water partition coefficient (Wildman–Crippen LogP) is 2.04. The number of amides is 1. The van der Waals surface area contributed by atoms with Gasteiger partial charge in [-0.25, -0.2) is 0 Å². The molecule has 0 spiro atoms. The van der Waals surface area contributed by atoms with Crippen LogP contribution in [0.1, 0.15) is 32.6 Å². The van der Waals surface area contributed by atoms with Crippen molar-refractivity contribution in [2.75, 3.05) is 13.1 Å². The first kappa shape index (κ1) is 14.1. The van der Waals surface area contributed by atoms with Crippen molar-refractivity contribution in [2.45, 2.75) is 38.8 Å². The number of carbonyl (C=O) groups is 2. The van der Waals surface area contributed by atoms with Crippen molar-refractivity contribution in [3.05, 3.63) is 0 Å². The van der Waals surface area contributed by atoms with Crippen LogP contribution < -0.4 is 0 Å². The molecule has 1 atom stereocenters. The molecular weight excluding hydrogens is 263 g/mol. The molecule has 1 saturated heterocycles. The van der Waals surface area contributed by atoms with E-state index in [4.69, 9.17) is 5.11 Å². The number of alkyl halides is 3. The summed E-state index contributed by atoms with van der Waals surface area (Å²) in [5, 5.41) is 8.91. The van der Waals surface area contributed by atoms with E-state index in [1.807, 2.05) is 0 Å². The number of carbonyl (C=O) groups excluding carboxylic acids is 1. The fraction of sp³-hybridized carbons (Fsp3) is 0.833. The number of nitrogens with zero attached hydrogens (tertiary/aromatic N) is 1. The van der Waals surface area contributed by atoms with Gasteiger partial charge in [-0.3, -0.25) is 9.59 Å². The Morgan fingerprint density at radius 3 is 2.11 bits per heavy atom. The highest BCUT2D eigenvalue weighted by molar-refractivity contribution is 5.85. The first-order valence-electron chi connectivity index (χ1n) is 6.22. The van der Waals surface area contributed by atoms with Crippen molar-refractivity contribution in [2.24, 2.45) is 10.8 Å². The minimum absolute atomic E-state index is 0.139. The van der Waals surface area contributed by atoms with E-state index >= 15 is 0 Å². The molecule has 2 rings (SSSR count). The van der Waals surface area contributed by atoms with Crippen LogP contribution in [0, 0.1) is 10.8 Å². The van der Waals surface area contributed by atoms with Crippen molar-refractivity contribution in [3.8, 4) is 0 Å². The summed E-state index contributed by atoms with van der Waals surface area (Å²) in [6.07, 6.45) is -3.19. The molecule has 1 amide bonds. The van der Waals surface area contributed by atoms with Gasteiger partial charge in [0.15, 0.2) is 5.41 Å². The molecule has 2 aliphatic rings. The van der Waals surface area contributed by atoms with Crippen LogP contribution in [-0.2, 0) is 9.59 Å². The molecule has 0 radical (unpaired) electrons. The third-order valence-corrected chi connectivity index (χ3v) is 4.48. The minimum atomic E-state index is -4.84. The lowest BCUT2D eigenvalue weighted by Gasteiger charge is -2.40. The number of hydrogen-bond donors (Lipinski definition) is 1. The predicted molar refractivity (Wildman–Crippen MR) is 59.3 cm³/mol. The van der Waals surface area contributed by atoms with Crippen molar-refractivity contribution in [1.82, 2.24) is 4.90 Å². The summed E-state index contributed by atoms with van der Waals surface area (Å²) < 4.78 is 38.9. The quantitative estimate of drug-likeness (QED) is 0.841. The summed E-state index contributed by atoms with van der Waals surface area (Å²) in [4.78, 5) is 24.2. The number of rotatable bonds is 2. The molecular formula is C12H16F3NO3. The van der Waals surface area contributed by atoms with Gasteiger partial charge in [0.05, 0.1) is 0 Å². The van der Waals surface area contributed by atoms with Crippen molar-refractivity contribution >= 4 is 11.9 Å². The Hall–Kier alpha value is -1.27. The van der Waals surface area contributed by atoms with Gasteiger partial charge in [0.25, 0.3) is 0 Å². The largest absolute Gasteiger partial charge is 0.481 e. The van der Waals surface area contributed by atoms with Crippen LogP contribution in [0.5, 0.6) is 0 Å². The second kappa shape index (κ2) is 4.11. The molecule has 0 aromatic carbocycles. The van der Waals surface area contributed by atoms with Gasteiger partial charge in [0, 0.05) is 18.5 Å². The number of hydrogen-bond acceptors (Lipinski definition) is 2. The van der Waals surface area contributed by atoms with E-state index in [1.165, 1.54) is 0 Å². The van der Waals surface area contributed by atoms with Crippen LogP contribution in [0.3, 0.4) is 0 Å². The zero-order valence-electron chi connectivity index (χ0n) is 10.6. The lowest BCUT2D eigenvalue weighted by molar-refractivity contribution is -0.227. The molecule has 1 heterocycles. The molecule has 1 N–H and O–H groups in total. The number of likely N-dealkylation sites (tertiary alicyclic amines) is 1. The molecule has 2 fully saturated rings. The average molecular weight is 279 g/mol. The molecule has 1 aliphatic heterocycles. The number of carboxylic acid groups (broad SMARTS) is 1. The highest BCUT2D eigenvalue weighted by Gasteiger charge is 2.65. The Balaban J connectivity index is 2.18. The van der Waals surface area contributed by atoms with Crippen molar-refractivity contribution in [1.29, 1.82) is 0 Å². The summed E-state index contributed by atoms with van der Waals surface area (Å²) >= 11 is 0. The van der Waals surface area contributed by atoms with Gasteiger partial charge in [0.1, 0.15) is 0 Å². The maximum atomic E-state index is 13.0. The van der Waals surface area contributed by atoms with E-state index in [-0.39, 0.29) is 12.5 Å². The number of carboxylic acids is 1. The standard InChI is InChI=1S/C12H16F3NO3/c1-10(3-2-4-10)8(17)16-6-5-11(7-16,9(18)19)12(13,14)15/h2-7H2,1H3,(H,18,19). The zero-order chi connectivity index (χ0) is 14.5. The summed E-state index contributed by atoms with van der Waals surface area (Å²) in [6.45, 7) is 0.827. The van der Waals surface area contributed by atoms with E-state index in [2.05, 4.69) is 0 Å². The SMILES string of the molecule is CC1(C(=O)N2CCC(C(=O)O)(C(F)(F)F)C2)CCC1. The van der Waals surface area contributed by atoms with Gasteiger partial charge < -0.3 is 10.0 Å². The summed E-state index contributed by atoms with van der Waals surface area (Å²) in [5.41, 5.74) is -3.40. The molecule has 108 valence electrons. The Morgan fingerprint density at radius 2 is 1.79 bits per heavy atom. The zero-order valence-corrected chi connectivity index (χ0v) is 10.6. The second-order valence-electron chi connectivity index (χ2n) is 5.78. The third kappa shape index (κ3) is 1.99. The van der Waals surface area contributed by atoms with E-state index in [1.54, 1.807) is 6.92 Å². The van der Waals surface area contributed by atoms with Gasteiger partial charge >= 0.3 is 12.1 Å². The molecule has 0 bridgehead atoms. The van der Waals surface area contributed by atoms with Crippen molar-refractivity contribution < 1.29 is 27.9 Å². The lowest BCUT2D eigenvalue weighted by atomic mass is 9.69. The van der Waals surface area contributed by atoms with E-state index in [9.17, 15) is 22.8 Å². The molecule has 0 aromatic rings. The Morgan fingerprint density at radius 1 is 1.21 bits per heavy atom. The smallest absolute Gasteiger partial charge is 0.406 e. The lowest BCUT2D eigenvalue weighted by Crippen LogP contribution is -2.50. The highest BCUT2D eigenvalue weighted by Crippen LogP contribution is 2.48. The van der Waals surface area contributed by atoms with Gasteiger partial charge in [-0.15, -0.1) is 0 Å². The number of halogens is 3. The van der Waals surface area contributed by atoms with Crippen LogP contribution >= 0.6 is 0 Å². The molecule has 7 heteroatoms. The van der Waals surface area contributed by atoms with Gasteiger partial charge in [0.2, 0.25) is 5.91 Å². The molecule has 19 heavy (non-hydrogen) atoms. The normalized spacial score (nSPS) is 30.0. The first-order valence-corrected chi connectivity index (χ1v) is 6.22. The molecule has 0 aromatic heterocycles. The fourth-order valence-electron chi connectivity index (χ4n) is 2.81. The maximum absolute atomic E-state index is 13.0. The van der Waals surface area contributed by atoms with Gasteiger partial charge in [-0.05, 0) is 19.3 Å².